The number of aromatic hydroxyl groups is 1. The maximum absolute atomic E-state index is 12.7. The molecule has 0 aliphatic rings. The molecule has 244 valence electrons. The fourth-order valence-electron chi connectivity index (χ4n) is 3.74. The van der Waals surface area contributed by atoms with Gasteiger partial charge in [0.2, 0.25) is 5.75 Å². The average Bonchev–Trinajstić information content (AvgIpc) is 3.00. The molecule has 0 bridgehead atoms. The largest absolute Gasteiger partial charge is 0.504 e. The Morgan fingerprint density at radius 1 is 0.864 bits per heavy atom. The summed E-state index contributed by atoms with van der Waals surface area (Å²) in [5.41, 5.74) is 6.95. The van der Waals surface area contributed by atoms with Gasteiger partial charge in [0.1, 0.15) is 12.4 Å². The molecule has 0 saturated heterocycles. The van der Waals surface area contributed by atoms with Gasteiger partial charge in [-0.15, -0.1) is 11.6 Å². The number of halogens is 1. The minimum absolute atomic E-state index is 0. The van der Waals surface area contributed by atoms with Gasteiger partial charge in [-0.1, -0.05) is 37.8 Å². The summed E-state index contributed by atoms with van der Waals surface area (Å²) in [6.07, 6.45) is 1.50. The molecular weight excluding hydrogens is 594 g/mol. The lowest BCUT2D eigenvalue weighted by molar-refractivity contribution is -0.0108. The van der Waals surface area contributed by atoms with Crippen molar-refractivity contribution in [1.82, 2.24) is 5.01 Å². The topological polar surface area (TPSA) is 161 Å². The summed E-state index contributed by atoms with van der Waals surface area (Å²) in [5, 5.41) is 12.1. The van der Waals surface area contributed by atoms with Crippen molar-refractivity contribution in [2.75, 3.05) is 85.1 Å². The number of nitrogens with two attached hydrogens (primary N) is 2. The monoisotopic (exact) mass is 637 g/mol. The Labute approximate surface area is 262 Å². The van der Waals surface area contributed by atoms with Crippen molar-refractivity contribution in [3.8, 4) is 22.8 Å². The van der Waals surface area contributed by atoms with Gasteiger partial charge in [-0.25, -0.2) is 5.84 Å². The molecular formula is C31H44ClN3O9. The third kappa shape index (κ3) is 13.1. The highest BCUT2D eigenvalue weighted by molar-refractivity contribution is 6.17. The minimum atomic E-state index is -0.262. The second kappa shape index (κ2) is 21.4. The smallest absolute Gasteiger partial charge is 0.205 e. The van der Waals surface area contributed by atoms with E-state index in [1.165, 1.54) is 29.4 Å². The number of hydrogen-bond acceptors (Lipinski definition) is 12. The van der Waals surface area contributed by atoms with Crippen LogP contribution in [-0.4, -0.2) is 95.2 Å². The standard InChI is InChI=1S/C30H40ClN3O9.CH4/c31-8-10-37-12-14-39-16-18-41-19-17-40-15-13-38-11-9-34(33)21-24(32)22-42-30-26(35)7-6-25-27(36)20-28(43-29(25)30)23-4-2-1-3-5-23;/h1-7,20-21,35H,8-19,22,32-33H2;1H4/b24-21-;. The van der Waals surface area contributed by atoms with Gasteiger partial charge >= 0.3 is 0 Å². The predicted octanol–water partition coefficient (Wildman–Crippen LogP) is 3.48. The molecule has 0 aliphatic heterocycles. The molecule has 12 nitrogen and oxygen atoms in total. The van der Waals surface area contributed by atoms with Gasteiger partial charge < -0.3 is 48.7 Å². The highest BCUT2D eigenvalue weighted by atomic mass is 35.5. The second-order valence-electron chi connectivity index (χ2n) is 9.11. The summed E-state index contributed by atoms with van der Waals surface area (Å²) in [7, 11) is 0. The Morgan fingerprint density at radius 2 is 1.43 bits per heavy atom. The number of phenols is 1. The molecule has 44 heavy (non-hydrogen) atoms. The maximum atomic E-state index is 12.7. The zero-order valence-electron chi connectivity index (χ0n) is 24.1. The van der Waals surface area contributed by atoms with Gasteiger partial charge in [0.25, 0.3) is 0 Å². The summed E-state index contributed by atoms with van der Waals surface area (Å²) >= 11 is 5.51. The molecule has 0 spiro atoms. The SMILES string of the molecule is C.N/C(=C\N(N)CCOCCOCCOCCOCCOCCCl)COc1c(O)ccc2c(=O)cc(-c3ccccc3)oc12. The van der Waals surface area contributed by atoms with Crippen LogP contribution in [0, 0.1) is 0 Å². The number of alkyl halides is 1. The molecule has 0 saturated carbocycles. The van der Waals surface area contributed by atoms with Crippen LogP contribution in [0.25, 0.3) is 22.3 Å². The quantitative estimate of drug-likeness (QED) is 0.0638. The van der Waals surface area contributed by atoms with E-state index < -0.39 is 0 Å². The fraction of sp³-hybridized carbons (Fsp3) is 0.452. The number of phenolic OH excluding ortho intramolecular Hbond substituents is 1. The van der Waals surface area contributed by atoms with Gasteiger partial charge in [0, 0.05) is 23.7 Å². The molecule has 2 aromatic carbocycles. The Hall–Kier alpha value is -3.36. The van der Waals surface area contributed by atoms with E-state index in [0.29, 0.717) is 84.3 Å². The third-order valence-corrected chi connectivity index (χ3v) is 5.96. The van der Waals surface area contributed by atoms with Crippen molar-refractivity contribution < 1.29 is 37.9 Å². The van der Waals surface area contributed by atoms with Crippen LogP contribution in [-0.2, 0) is 23.7 Å². The molecule has 13 heteroatoms. The first-order valence-electron chi connectivity index (χ1n) is 13.9. The van der Waals surface area contributed by atoms with Crippen LogP contribution in [0.3, 0.4) is 0 Å². The van der Waals surface area contributed by atoms with Crippen molar-refractivity contribution in [3.05, 3.63) is 70.7 Å². The van der Waals surface area contributed by atoms with Crippen LogP contribution in [0.4, 0.5) is 0 Å². The molecule has 0 unspecified atom stereocenters. The first kappa shape index (κ1) is 36.8. The van der Waals surface area contributed by atoms with E-state index in [1.54, 1.807) is 0 Å². The van der Waals surface area contributed by atoms with Crippen LogP contribution < -0.4 is 21.7 Å². The number of benzene rings is 2. The normalized spacial score (nSPS) is 11.5. The molecule has 0 aliphatic carbocycles. The van der Waals surface area contributed by atoms with Gasteiger partial charge in [0.15, 0.2) is 16.8 Å². The van der Waals surface area contributed by atoms with E-state index in [2.05, 4.69) is 0 Å². The second-order valence-corrected chi connectivity index (χ2v) is 9.49. The zero-order valence-corrected chi connectivity index (χ0v) is 24.8. The van der Waals surface area contributed by atoms with E-state index >= 15 is 0 Å². The summed E-state index contributed by atoms with van der Waals surface area (Å²) in [6.45, 7) is 4.89. The first-order chi connectivity index (χ1) is 21.0. The molecule has 0 atom stereocenters. The lowest BCUT2D eigenvalue weighted by Gasteiger charge is -2.16. The number of hydrogen-bond donors (Lipinski definition) is 3. The molecule has 3 rings (SSSR count). The van der Waals surface area contributed by atoms with Crippen molar-refractivity contribution in [3.63, 3.8) is 0 Å². The molecule has 0 radical (unpaired) electrons. The minimum Gasteiger partial charge on any atom is -0.504 e. The highest BCUT2D eigenvalue weighted by Crippen LogP contribution is 2.35. The van der Waals surface area contributed by atoms with Gasteiger partial charge in [-0.3, -0.25) is 4.79 Å². The van der Waals surface area contributed by atoms with Crippen LogP contribution in [0.5, 0.6) is 11.5 Å². The molecule has 0 amide bonds. The predicted molar refractivity (Wildman–Crippen MR) is 170 cm³/mol. The Morgan fingerprint density at radius 3 is 2.02 bits per heavy atom. The van der Waals surface area contributed by atoms with Gasteiger partial charge in [-0.05, 0) is 12.1 Å². The molecule has 5 N–H and O–H groups in total. The molecule has 1 heterocycles. The number of hydrazine groups is 1. The maximum Gasteiger partial charge on any atom is 0.205 e. The van der Waals surface area contributed by atoms with Crippen LogP contribution >= 0.6 is 11.6 Å². The number of rotatable bonds is 22. The Balaban J connectivity index is 0.00000675. The number of nitrogens with zero attached hydrogens (tertiary/aromatic N) is 1. The van der Waals surface area contributed by atoms with Gasteiger partial charge in [-0.2, -0.15) is 0 Å². The van der Waals surface area contributed by atoms with Crippen molar-refractivity contribution in [2.24, 2.45) is 11.6 Å². The van der Waals surface area contributed by atoms with Crippen LogP contribution in [0.1, 0.15) is 7.43 Å². The zero-order chi connectivity index (χ0) is 30.7. The van der Waals surface area contributed by atoms with Crippen molar-refractivity contribution >= 4 is 22.6 Å². The first-order valence-corrected chi connectivity index (χ1v) is 14.4. The van der Waals surface area contributed by atoms with E-state index in [9.17, 15) is 9.90 Å². The Kier molecular flexibility index (Phi) is 17.9. The van der Waals surface area contributed by atoms with E-state index in [4.69, 9.17) is 56.0 Å². The highest BCUT2D eigenvalue weighted by Gasteiger charge is 2.16. The van der Waals surface area contributed by atoms with Crippen LogP contribution in [0.2, 0.25) is 0 Å². The molecule has 0 fully saturated rings. The molecule has 3 aromatic rings. The summed E-state index contributed by atoms with van der Waals surface area (Å²) in [5.74, 6) is 6.65. The molecule has 1 aromatic heterocycles. The summed E-state index contributed by atoms with van der Waals surface area (Å²) in [6, 6.07) is 13.4. The van der Waals surface area contributed by atoms with Crippen molar-refractivity contribution in [2.45, 2.75) is 7.43 Å². The Bertz CT molecular complexity index is 1310. The van der Waals surface area contributed by atoms with E-state index in [1.807, 2.05) is 30.3 Å². The summed E-state index contributed by atoms with van der Waals surface area (Å²) in [4.78, 5) is 12.7. The number of ether oxygens (including phenoxy) is 6. The lowest BCUT2D eigenvalue weighted by atomic mass is 10.1. The van der Waals surface area contributed by atoms with Gasteiger partial charge in [0.05, 0.1) is 83.7 Å². The lowest BCUT2D eigenvalue weighted by Crippen LogP contribution is -2.31. The summed E-state index contributed by atoms with van der Waals surface area (Å²) < 4.78 is 38.7. The van der Waals surface area contributed by atoms with E-state index in [-0.39, 0.29) is 47.6 Å². The van der Waals surface area contributed by atoms with E-state index in [0.717, 1.165) is 5.56 Å². The van der Waals surface area contributed by atoms with Crippen LogP contribution in [0.15, 0.2) is 69.6 Å². The number of fused-ring (bicyclic) bond motifs is 1. The fourth-order valence-corrected chi connectivity index (χ4v) is 3.85. The average molecular weight is 638 g/mol. The third-order valence-electron chi connectivity index (χ3n) is 5.81. The van der Waals surface area contributed by atoms with Crippen molar-refractivity contribution in [1.29, 1.82) is 0 Å².